The monoisotopic (exact) mass is 656 g/mol. The second-order valence-electron chi connectivity index (χ2n) is 12.4. The lowest BCUT2D eigenvalue weighted by Crippen LogP contribution is -2.61. The molecular formula is C31H46Cl2N4O7. The third-order valence-electron chi connectivity index (χ3n) is 8.12. The molecule has 1 aromatic rings. The summed E-state index contributed by atoms with van der Waals surface area (Å²) in [6.45, 7) is 8.51. The van der Waals surface area contributed by atoms with Crippen LogP contribution in [-0.4, -0.2) is 101 Å². The number of nitrogens with two attached hydrogens (primary N) is 1. The molecule has 4 atom stereocenters. The van der Waals surface area contributed by atoms with Gasteiger partial charge in [0.15, 0.2) is 0 Å². The summed E-state index contributed by atoms with van der Waals surface area (Å²) in [7, 11) is 0. The molecule has 44 heavy (non-hydrogen) atoms. The minimum atomic E-state index is -1.40. The van der Waals surface area contributed by atoms with Crippen molar-refractivity contribution in [3.63, 3.8) is 0 Å². The van der Waals surface area contributed by atoms with Crippen LogP contribution in [0.15, 0.2) is 18.2 Å². The molecule has 1 saturated heterocycles. The first-order valence-corrected chi connectivity index (χ1v) is 16.1. The molecule has 0 spiro atoms. The highest BCUT2D eigenvalue weighted by atomic mass is 35.5. The summed E-state index contributed by atoms with van der Waals surface area (Å²) in [6.07, 6.45) is 3.44. The Morgan fingerprint density at radius 1 is 1.09 bits per heavy atom. The molecule has 0 radical (unpaired) electrons. The second-order valence-corrected chi connectivity index (χ2v) is 13.2. The molecule has 1 aliphatic heterocycles. The number of carbonyl (C=O) groups is 4. The molecule has 0 bridgehead atoms. The van der Waals surface area contributed by atoms with Gasteiger partial charge < -0.3 is 19.5 Å². The average molecular weight is 658 g/mol. The minimum Gasteiger partial charge on any atom is -0.466 e. The summed E-state index contributed by atoms with van der Waals surface area (Å²) in [5.74, 6) is 2.53. The molecule has 1 aliphatic carbocycles. The van der Waals surface area contributed by atoms with E-state index in [-0.39, 0.29) is 30.8 Å². The Hall–Kier alpha value is -2.44. The summed E-state index contributed by atoms with van der Waals surface area (Å²) in [4.78, 5) is 57.2. The Kier molecular flexibility index (Phi) is 13.3. The fraction of sp³-hybridized carbons (Fsp3) is 0.677. The number of benzene rings is 1. The second kappa shape index (κ2) is 16.2. The zero-order valence-corrected chi connectivity index (χ0v) is 27.6. The average Bonchev–Trinajstić information content (AvgIpc) is 2.98. The summed E-state index contributed by atoms with van der Waals surface area (Å²) < 4.78 is 10.8. The van der Waals surface area contributed by atoms with Gasteiger partial charge in [0, 0.05) is 55.3 Å². The third kappa shape index (κ3) is 9.53. The Balaban J connectivity index is 1.82. The maximum atomic E-state index is 14.1. The van der Waals surface area contributed by atoms with Crippen LogP contribution in [0.4, 0.5) is 0 Å². The van der Waals surface area contributed by atoms with E-state index in [2.05, 4.69) is 4.90 Å². The van der Waals surface area contributed by atoms with E-state index in [0.717, 1.165) is 30.7 Å². The van der Waals surface area contributed by atoms with Crippen LogP contribution in [0.3, 0.4) is 0 Å². The van der Waals surface area contributed by atoms with Gasteiger partial charge in [0.1, 0.15) is 17.6 Å². The molecule has 1 saturated carbocycles. The number of aliphatic hydroxyl groups excluding tert-OH is 1. The SMILES string of the molecule is CCOC(=O)[C@@H]1CCCC[C@H]1N1CCN(C(=O)C(Cc2ccc(Cl)cc2Cl)N(N)C(=O)C(CCO)C(=O)OC(C)(C)C)CC1. The van der Waals surface area contributed by atoms with Crippen LogP contribution in [-0.2, 0) is 35.1 Å². The fourth-order valence-electron chi connectivity index (χ4n) is 5.94. The van der Waals surface area contributed by atoms with Gasteiger partial charge in [-0.2, -0.15) is 0 Å². The number of halogens is 2. The molecule has 1 aromatic carbocycles. The zero-order chi connectivity index (χ0) is 32.6. The normalized spacial score (nSPS) is 20.9. The van der Waals surface area contributed by atoms with Gasteiger partial charge in [0.2, 0.25) is 5.91 Å². The van der Waals surface area contributed by atoms with Crippen molar-refractivity contribution in [1.82, 2.24) is 14.8 Å². The summed E-state index contributed by atoms with van der Waals surface area (Å²) >= 11 is 12.5. The van der Waals surface area contributed by atoms with E-state index < -0.39 is 42.0 Å². The fourth-order valence-corrected chi connectivity index (χ4v) is 6.42. The lowest BCUT2D eigenvalue weighted by molar-refractivity contribution is -0.167. The van der Waals surface area contributed by atoms with Crippen molar-refractivity contribution in [3.05, 3.63) is 33.8 Å². The van der Waals surface area contributed by atoms with Crippen LogP contribution in [0.1, 0.15) is 65.4 Å². The number of ether oxygens (including phenoxy) is 2. The van der Waals surface area contributed by atoms with Crippen LogP contribution >= 0.6 is 23.2 Å². The molecule has 246 valence electrons. The van der Waals surface area contributed by atoms with E-state index in [1.165, 1.54) is 0 Å². The molecule has 1 heterocycles. The number of amides is 2. The highest BCUT2D eigenvalue weighted by Crippen LogP contribution is 2.31. The highest BCUT2D eigenvalue weighted by Gasteiger charge is 2.41. The smallest absolute Gasteiger partial charge is 0.319 e. The number of hydrazine groups is 1. The van der Waals surface area contributed by atoms with Crippen molar-refractivity contribution in [2.75, 3.05) is 39.4 Å². The Bertz CT molecular complexity index is 1170. The standard InChI is InChI=1S/C31H46Cl2N4O7/c1-5-43-29(41)22-8-6-7-9-25(22)35-13-15-36(16-14-35)28(40)26(18-20-10-11-21(32)19-24(20)33)37(34)27(39)23(12-17-38)30(42)44-31(2,3)4/h10-11,19,22-23,25-26,38H,5-9,12-18,34H2,1-4H3/t22-,23?,25-,26?/m1/s1. The van der Waals surface area contributed by atoms with E-state index in [0.29, 0.717) is 48.4 Å². The van der Waals surface area contributed by atoms with Crippen LogP contribution in [0.2, 0.25) is 10.0 Å². The minimum absolute atomic E-state index is 0.0228. The number of rotatable bonds is 11. The molecule has 3 rings (SSSR count). The Morgan fingerprint density at radius 3 is 2.34 bits per heavy atom. The zero-order valence-electron chi connectivity index (χ0n) is 26.1. The van der Waals surface area contributed by atoms with Crippen LogP contribution in [0.5, 0.6) is 0 Å². The largest absolute Gasteiger partial charge is 0.466 e. The number of carbonyl (C=O) groups excluding carboxylic acids is 4. The maximum absolute atomic E-state index is 14.1. The lowest BCUT2D eigenvalue weighted by Gasteiger charge is -2.44. The lowest BCUT2D eigenvalue weighted by atomic mass is 9.83. The van der Waals surface area contributed by atoms with Gasteiger partial charge >= 0.3 is 11.9 Å². The van der Waals surface area contributed by atoms with Gasteiger partial charge in [-0.15, -0.1) is 0 Å². The molecule has 0 aromatic heterocycles. The quantitative estimate of drug-likeness (QED) is 0.121. The predicted octanol–water partition coefficient (Wildman–Crippen LogP) is 3.21. The van der Waals surface area contributed by atoms with Crippen molar-refractivity contribution < 1.29 is 33.8 Å². The van der Waals surface area contributed by atoms with E-state index in [1.807, 2.05) is 0 Å². The van der Waals surface area contributed by atoms with Crippen LogP contribution < -0.4 is 5.84 Å². The van der Waals surface area contributed by atoms with Gasteiger partial charge in [-0.3, -0.25) is 29.1 Å². The van der Waals surface area contributed by atoms with E-state index in [9.17, 15) is 24.3 Å². The number of aliphatic hydroxyl groups is 1. The van der Waals surface area contributed by atoms with Crippen molar-refractivity contribution in [3.8, 4) is 0 Å². The summed E-state index contributed by atoms with van der Waals surface area (Å²) in [5, 5.41) is 11.1. The van der Waals surface area contributed by atoms with Crippen molar-refractivity contribution in [2.24, 2.45) is 17.7 Å². The maximum Gasteiger partial charge on any atom is 0.319 e. The van der Waals surface area contributed by atoms with E-state index >= 15 is 0 Å². The molecule has 2 fully saturated rings. The van der Waals surface area contributed by atoms with Crippen molar-refractivity contribution in [1.29, 1.82) is 0 Å². The van der Waals surface area contributed by atoms with E-state index in [4.69, 9.17) is 38.5 Å². The number of hydrogen-bond acceptors (Lipinski definition) is 9. The first kappa shape index (κ1) is 36.0. The predicted molar refractivity (Wildman–Crippen MR) is 167 cm³/mol. The molecule has 2 unspecified atom stereocenters. The third-order valence-corrected chi connectivity index (χ3v) is 8.71. The summed E-state index contributed by atoms with van der Waals surface area (Å²) in [5.41, 5.74) is -0.326. The summed E-state index contributed by atoms with van der Waals surface area (Å²) in [6, 6.07) is 3.69. The van der Waals surface area contributed by atoms with Crippen molar-refractivity contribution in [2.45, 2.75) is 83.9 Å². The number of esters is 2. The van der Waals surface area contributed by atoms with Gasteiger partial charge in [0.05, 0.1) is 12.5 Å². The van der Waals surface area contributed by atoms with E-state index in [1.54, 1.807) is 50.8 Å². The number of nitrogens with zero attached hydrogens (tertiary/aromatic N) is 3. The molecule has 2 aliphatic rings. The highest BCUT2D eigenvalue weighted by molar-refractivity contribution is 6.35. The first-order valence-electron chi connectivity index (χ1n) is 15.3. The van der Waals surface area contributed by atoms with Gasteiger partial charge in [0.25, 0.3) is 5.91 Å². The van der Waals surface area contributed by atoms with Gasteiger partial charge in [-0.1, -0.05) is 42.1 Å². The van der Waals surface area contributed by atoms with Crippen LogP contribution in [0.25, 0.3) is 0 Å². The Morgan fingerprint density at radius 2 is 1.75 bits per heavy atom. The molecule has 3 N–H and O–H groups in total. The van der Waals surface area contributed by atoms with Gasteiger partial charge in [-0.25, -0.2) is 5.84 Å². The topological polar surface area (TPSA) is 143 Å². The first-order chi connectivity index (χ1) is 20.8. The van der Waals surface area contributed by atoms with Crippen LogP contribution in [0, 0.1) is 11.8 Å². The molecule has 13 heteroatoms. The molecule has 2 amide bonds. The number of piperazine rings is 1. The molecular weight excluding hydrogens is 611 g/mol. The molecule has 11 nitrogen and oxygen atoms in total. The Labute approximate surface area is 269 Å². The van der Waals surface area contributed by atoms with Crippen molar-refractivity contribution >= 4 is 47.0 Å². The number of hydrogen-bond donors (Lipinski definition) is 2. The van der Waals surface area contributed by atoms with Gasteiger partial charge in [-0.05, 0) is 64.7 Å².